The summed E-state index contributed by atoms with van der Waals surface area (Å²) in [5.74, 6) is 1.45. The second-order valence-corrected chi connectivity index (χ2v) is 11.0. The number of carbonyl (C=O) groups is 1. The Labute approximate surface area is 233 Å². The molecule has 0 bridgehead atoms. The van der Waals surface area contributed by atoms with Gasteiger partial charge in [0.2, 0.25) is 5.91 Å². The molecule has 0 aromatic carbocycles. The van der Waals surface area contributed by atoms with Crippen molar-refractivity contribution in [2.24, 2.45) is 5.92 Å². The van der Waals surface area contributed by atoms with Gasteiger partial charge in [-0.15, -0.1) is 0 Å². The predicted octanol–water partition coefficient (Wildman–Crippen LogP) is 3.15. The van der Waals surface area contributed by atoms with Crippen molar-refractivity contribution in [3.63, 3.8) is 0 Å². The molecule has 2 fully saturated rings. The number of nitrogens with one attached hydrogen (secondary N) is 1. The molecule has 1 amide bonds. The van der Waals surface area contributed by atoms with Crippen molar-refractivity contribution in [3.8, 4) is 28.6 Å². The smallest absolute Gasteiger partial charge is 0.222 e. The van der Waals surface area contributed by atoms with Crippen LogP contribution in [0, 0.1) is 17.2 Å². The molecule has 0 unspecified atom stereocenters. The Morgan fingerprint density at radius 1 is 1.05 bits per heavy atom. The third kappa shape index (κ3) is 5.14. The topological polar surface area (TPSA) is 120 Å². The monoisotopic (exact) mass is 538 g/mol. The fraction of sp³-hybridized carbons (Fsp3) is 0.448. The summed E-state index contributed by atoms with van der Waals surface area (Å²) in [6.07, 6.45) is 11.8. The van der Waals surface area contributed by atoms with Crippen LogP contribution in [0.1, 0.15) is 44.7 Å². The summed E-state index contributed by atoms with van der Waals surface area (Å²) in [4.78, 5) is 26.4. The average molecular weight is 539 g/mol. The number of nitrogens with zero attached hydrogens (tertiary/aromatic N) is 9. The van der Waals surface area contributed by atoms with E-state index in [-0.39, 0.29) is 5.91 Å². The van der Waals surface area contributed by atoms with Gasteiger partial charge in [-0.2, -0.15) is 15.5 Å². The van der Waals surface area contributed by atoms with Crippen LogP contribution < -0.4 is 10.2 Å². The number of fused-ring (bicyclic) bond motifs is 1. The number of nitriles is 1. The van der Waals surface area contributed by atoms with E-state index < -0.39 is 0 Å². The van der Waals surface area contributed by atoms with E-state index in [4.69, 9.17) is 9.97 Å². The van der Waals surface area contributed by atoms with Crippen LogP contribution >= 0.6 is 0 Å². The van der Waals surface area contributed by atoms with Crippen molar-refractivity contribution in [3.05, 3.63) is 48.7 Å². The van der Waals surface area contributed by atoms with Crippen molar-refractivity contribution in [2.75, 3.05) is 44.2 Å². The van der Waals surface area contributed by atoms with E-state index in [0.29, 0.717) is 48.2 Å². The summed E-state index contributed by atoms with van der Waals surface area (Å²) in [5.41, 5.74) is 4.23. The summed E-state index contributed by atoms with van der Waals surface area (Å²) in [5, 5.41) is 22.2. The SMILES string of the molecule is CC(C)CC(=O)N1CCN(c2ccc(-c3nc(-c4cnn(C5CCNCC5)c4)cn4ncc(C#N)c34)cn2)CC1. The first-order chi connectivity index (χ1) is 19.5. The Morgan fingerprint density at radius 3 is 2.55 bits per heavy atom. The molecule has 0 atom stereocenters. The molecule has 6 rings (SSSR count). The highest BCUT2D eigenvalue weighted by Crippen LogP contribution is 2.30. The molecule has 2 aliphatic rings. The van der Waals surface area contributed by atoms with E-state index in [2.05, 4.69) is 46.5 Å². The number of amides is 1. The largest absolute Gasteiger partial charge is 0.353 e. The van der Waals surface area contributed by atoms with E-state index in [1.807, 2.05) is 40.3 Å². The van der Waals surface area contributed by atoms with Gasteiger partial charge in [0.1, 0.15) is 23.0 Å². The number of carbonyl (C=O) groups excluding carboxylic acids is 1. The molecule has 0 aliphatic carbocycles. The van der Waals surface area contributed by atoms with E-state index in [1.54, 1.807) is 10.7 Å². The maximum atomic E-state index is 12.4. The van der Waals surface area contributed by atoms with E-state index >= 15 is 0 Å². The van der Waals surface area contributed by atoms with Crippen LogP contribution in [0.2, 0.25) is 0 Å². The maximum Gasteiger partial charge on any atom is 0.222 e. The lowest BCUT2D eigenvalue weighted by molar-refractivity contribution is -0.132. The number of hydrogen-bond acceptors (Lipinski definition) is 8. The molecule has 40 heavy (non-hydrogen) atoms. The summed E-state index contributed by atoms with van der Waals surface area (Å²) in [6.45, 7) is 9.03. The van der Waals surface area contributed by atoms with Crippen LogP contribution in [-0.2, 0) is 4.79 Å². The molecule has 1 N–H and O–H groups in total. The van der Waals surface area contributed by atoms with Crippen LogP contribution in [0.5, 0.6) is 0 Å². The molecule has 0 saturated carbocycles. The lowest BCUT2D eigenvalue weighted by atomic mass is 10.1. The minimum atomic E-state index is 0.225. The average Bonchev–Trinajstić information content (AvgIpc) is 3.65. The van der Waals surface area contributed by atoms with Gasteiger partial charge in [-0.25, -0.2) is 14.5 Å². The third-order valence-corrected chi connectivity index (χ3v) is 7.76. The zero-order chi connectivity index (χ0) is 27.6. The Hall–Kier alpha value is -4.30. The van der Waals surface area contributed by atoms with Crippen molar-refractivity contribution < 1.29 is 4.79 Å². The van der Waals surface area contributed by atoms with Crippen LogP contribution in [0.4, 0.5) is 5.82 Å². The first kappa shape index (κ1) is 26.0. The molecule has 0 spiro atoms. The number of hydrogen-bond donors (Lipinski definition) is 1. The molecule has 2 aliphatic heterocycles. The molecule has 2 saturated heterocycles. The molecule has 206 valence electrons. The fourth-order valence-corrected chi connectivity index (χ4v) is 5.55. The van der Waals surface area contributed by atoms with Crippen molar-refractivity contribution in [1.29, 1.82) is 5.26 Å². The molecule has 4 aromatic heterocycles. The number of pyridine rings is 1. The maximum absolute atomic E-state index is 12.4. The summed E-state index contributed by atoms with van der Waals surface area (Å²) in [6, 6.07) is 6.61. The van der Waals surface area contributed by atoms with Gasteiger partial charge in [-0.05, 0) is 44.0 Å². The van der Waals surface area contributed by atoms with Gasteiger partial charge in [-0.1, -0.05) is 13.8 Å². The highest BCUT2D eigenvalue weighted by molar-refractivity contribution is 5.83. The number of piperidine rings is 1. The lowest BCUT2D eigenvalue weighted by Crippen LogP contribution is -2.49. The molecule has 6 heterocycles. The number of rotatable bonds is 6. The van der Waals surface area contributed by atoms with Crippen LogP contribution in [-0.4, -0.2) is 79.4 Å². The quantitative estimate of drug-likeness (QED) is 0.398. The molecule has 11 heteroatoms. The van der Waals surface area contributed by atoms with Crippen LogP contribution in [0.15, 0.2) is 43.1 Å². The van der Waals surface area contributed by atoms with E-state index in [0.717, 1.165) is 61.7 Å². The van der Waals surface area contributed by atoms with Crippen LogP contribution in [0.3, 0.4) is 0 Å². The number of piperazine rings is 1. The van der Waals surface area contributed by atoms with E-state index in [1.165, 1.54) is 0 Å². The second-order valence-electron chi connectivity index (χ2n) is 11.0. The second kappa shape index (κ2) is 11.1. The van der Waals surface area contributed by atoms with Crippen molar-refractivity contribution in [1.82, 2.24) is 39.6 Å². The van der Waals surface area contributed by atoms with Gasteiger partial charge in [0.05, 0.1) is 36.0 Å². The first-order valence-electron chi connectivity index (χ1n) is 14.0. The minimum absolute atomic E-state index is 0.225. The predicted molar refractivity (Wildman–Crippen MR) is 152 cm³/mol. The fourth-order valence-electron chi connectivity index (χ4n) is 5.55. The Balaban J connectivity index is 1.26. The van der Waals surface area contributed by atoms with Crippen molar-refractivity contribution >= 4 is 17.2 Å². The van der Waals surface area contributed by atoms with Gasteiger partial charge in [0, 0.05) is 56.1 Å². The zero-order valence-electron chi connectivity index (χ0n) is 23.0. The molecule has 4 aromatic rings. The Bertz CT molecular complexity index is 1530. The molecule has 0 radical (unpaired) electrons. The van der Waals surface area contributed by atoms with Crippen molar-refractivity contribution in [2.45, 2.75) is 39.2 Å². The Morgan fingerprint density at radius 2 is 1.85 bits per heavy atom. The van der Waals surface area contributed by atoms with E-state index in [9.17, 15) is 10.1 Å². The van der Waals surface area contributed by atoms with Gasteiger partial charge in [0.25, 0.3) is 0 Å². The summed E-state index contributed by atoms with van der Waals surface area (Å²) in [7, 11) is 0. The summed E-state index contributed by atoms with van der Waals surface area (Å²) >= 11 is 0. The molecule has 11 nitrogen and oxygen atoms in total. The van der Waals surface area contributed by atoms with Gasteiger partial charge >= 0.3 is 0 Å². The van der Waals surface area contributed by atoms with Gasteiger partial charge in [0.15, 0.2) is 0 Å². The summed E-state index contributed by atoms with van der Waals surface area (Å²) < 4.78 is 3.76. The molecular weight excluding hydrogens is 504 g/mol. The third-order valence-electron chi connectivity index (χ3n) is 7.76. The zero-order valence-corrected chi connectivity index (χ0v) is 23.0. The normalized spacial score (nSPS) is 16.6. The standard InChI is InChI=1S/C29H34N10O/c1-20(2)13-27(40)37-11-9-36(10-12-37)26-4-3-21(15-32-26)28-29-22(14-30)16-34-39(29)19-25(35-28)23-17-33-38(18-23)24-5-7-31-8-6-24/h3-4,15-20,24,31H,5-13H2,1-2H3. The molecular formula is C29H34N10O. The van der Waals surface area contributed by atoms with Gasteiger partial charge < -0.3 is 15.1 Å². The number of anilines is 1. The minimum Gasteiger partial charge on any atom is -0.353 e. The highest BCUT2D eigenvalue weighted by atomic mass is 16.2. The van der Waals surface area contributed by atoms with Crippen LogP contribution in [0.25, 0.3) is 28.0 Å². The Kier molecular flexibility index (Phi) is 7.17. The first-order valence-corrected chi connectivity index (χ1v) is 14.0. The number of aromatic nitrogens is 6. The lowest BCUT2D eigenvalue weighted by Gasteiger charge is -2.35. The van der Waals surface area contributed by atoms with Gasteiger partial charge in [-0.3, -0.25) is 9.48 Å². The highest BCUT2D eigenvalue weighted by Gasteiger charge is 2.23.